The maximum atomic E-state index is 12.1. The molecule has 0 aromatic heterocycles. The van der Waals surface area contributed by atoms with Gasteiger partial charge in [-0.05, 0) is 69.5 Å². The lowest BCUT2D eigenvalue weighted by molar-refractivity contribution is -0.142. The molecule has 10 heteroatoms. The lowest BCUT2D eigenvalue weighted by Crippen LogP contribution is -2.25. The molecule has 0 aliphatic heterocycles. The predicted molar refractivity (Wildman–Crippen MR) is 146 cm³/mol. The van der Waals surface area contributed by atoms with E-state index in [1.807, 2.05) is 24.3 Å². The number of ether oxygens (including phenoxy) is 4. The van der Waals surface area contributed by atoms with Crippen LogP contribution in [0.5, 0.6) is 0 Å². The average Bonchev–Trinajstić information content (AvgIpc) is 2.87. The number of hydrogen-bond acceptors (Lipinski definition) is 8. The summed E-state index contributed by atoms with van der Waals surface area (Å²) in [5.41, 5.74) is 3.66. The molecule has 0 radical (unpaired) electrons. The molecule has 0 saturated heterocycles. The fourth-order valence-electron chi connectivity index (χ4n) is 3.01. The Hall–Kier alpha value is -4.60. The minimum Gasteiger partial charge on any atom is -0.458 e. The minimum absolute atomic E-state index is 0.0698. The predicted octanol–water partition coefficient (Wildman–Crippen LogP) is 5.39. The first-order valence-corrected chi connectivity index (χ1v) is 12.2. The fraction of sp³-hybridized carbons (Fsp3) is 0.310. The van der Waals surface area contributed by atoms with Gasteiger partial charge in [0.15, 0.2) is 0 Å². The Kier molecular flexibility index (Phi) is 11.8. The van der Waals surface area contributed by atoms with E-state index in [1.54, 1.807) is 38.1 Å². The Morgan fingerprint density at radius 2 is 1.00 bits per heavy atom. The van der Waals surface area contributed by atoms with Gasteiger partial charge in [-0.25, -0.2) is 19.2 Å². The van der Waals surface area contributed by atoms with Crippen LogP contribution in [0.25, 0.3) is 0 Å². The van der Waals surface area contributed by atoms with Gasteiger partial charge in [0.05, 0.1) is 0 Å². The monoisotopic (exact) mass is 538 g/mol. The van der Waals surface area contributed by atoms with Crippen LogP contribution in [0.4, 0.5) is 21.0 Å². The lowest BCUT2D eigenvalue weighted by Gasteiger charge is -2.14. The molecule has 2 rings (SSSR count). The SMILES string of the molecule is C=C(C)C(=O)OCC(C)OC(=O)Nc1ccc(Cc2ccc(NC(=O)OC(C)COC(=O)C(=C)C)cc2)cc1. The highest BCUT2D eigenvalue weighted by atomic mass is 16.6. The number of esters is 2. The normalized spacial score (nSPS) is 11.8. The first kappa shape index (κ1) is 30.6. The molecule has 0 aliphatic rings. The van der Waals surface area contributed by atoms with Crippen LogP contribution < -0.4 is 10.6 Å². The maximum Gasteiger partial charge on any atom is 0.412 e. The standard InChI is InChI=1S/C29H34N2O8/c1-18(2)26(32)36-16-20(5)38-28(34)30-24-11-7-22(8-12-24)15-23-9-13-25(14-10-23)31-29(35)39-21(6)17-37-27(33)19(3)4/h7-14,20-21H,1,3,15-17H2,2,4-6H3,(H,30,34)(H,31,35). The van der Waals surface area contributed by atoms with Crippen molar-refractivity contribution in [3.8, 4) is 0 Å². The molecular formula is C29H34N2O8. The number of nitrogens with one attached hydrogen (secondary N) is 2. The van der Waals surface area contributed by atoms with Crippen LogP contribution in [0, 0.1) is 0 Å². The Labute approximate surface area is 228 Å². The summed E-state index contributed by atoms with van der Waals surface area (Å²) in [6, 6.07) is 14.5. The van der Waals surface area contributed by atoms with Crippen LogP contribution in [0.15, 0.2) is 72.8 Å². The number of benzene rings is 2. The highest BCUT2D eigenvalue weighted by molar-refractivity contribution is 5.88. The highest BCUT2D eigenvalue weighted by Gasteiger charge is 2.14. The van der Waals surface area contributed by atoms with Crippen molar-refractivity contribution >= 4 is 35.5 Å². The molecule has 0 bridgehead atoms. The van der Waals surface area contributed by atoms with E-state index in [9.17, 15) is 19.2 Å². The first-order chi connectivity index (χ1) is 18.4. The molecule has 0 spiro atoms. The van der Waals surface area contributed by atoms with Crippen molar-refractivity contribution in [2.75, 3.05) is 23.8 Å². The summed E-state index contributed by atoms with van der Waals surface area (Å²) in [6.45, 7) is 13.1. The number of carbonyl (C=O) groups excluding carboxylic acids is 4. The maximum absolute atomic E-state index is 12.1. The van der Waals surface area contributed by atoms with Crippen LogP contribution >= 0.6 is 0 Å². The average molecular weight is 539 g/mol. The molecule has 2 unspecified atom stereocenters. The molecule has 0 fully saturated rings. The number of amides is 2. The van der Waals surface area contributed by atoms with E-state index in [0.29, 0.717) is 17.8 Å². The van der Waals surface area contributed by atoms with E-state index in [1.165, 1.54) is 13.8 Å². The molecule has 0 aliphatic carbocycles. The number of anilines is 2. The molecule has 2 N–H and O–H groups in total. The van der Waals surface area contributed by atoms with E-state index in [4.69, 9.17) is 18.9 Å². The zero-order chi connectivity index (χ0) is 28.9. The van der Waals surface area contributed by atoms with Crippen molar-refractivity contribution in [2.24, 2.45) is 0 Å². The van der Waals surface area contributed by atoms with E-state index in [0.717, 1.165) is 11.1 Å². The Morgan fingerprint density at radius 3 is 1.31 bits per heavy atom. The fourth-order valence-corrected chi connectivity index (χ4v) is 3.01. The van der Waals surface area contributed by atoms with Gasteiger partial charge in [0.2, 0.25) is 0 Å². The molecule has 10 nitrogen and oxygen atoms in total. The zero-order valence-electron chi connectivity index (χ0n) is 22.6. The Morgan fingerprint density at radius 1 is 0.667 bits per heavy atom. The summed E-state index contributed by atoms with van der Waals surface area (Å²) in [6.07, 6.45) is -1.94. The number of rotatable bonds is 12. The Bertz CT molecular complexity index is 1100. The third kappa shape index (κ3) is 11.5. The summed E-state index contributed by atoms with van der Waals surface area (Å²) in [5, 5.41) is 5.26. The van der Waals surface area contributed by atoms with Gasteiger partial charge in [0, 0.05) is 22.5 Å². The van der Waals surface area contributed by atoms with Crippen molar-refractivity contribution in [3.63, 3.8) is 0 Å². The van der Waals surface area contributed by atoms with Gasteiger partial charge >= 0.3 is 24.1 Å². The lowest BCUT2D eigenvalue weighted by atomic mass is 10.0. The van der Waals surface area contributed by atoms with E-state index in [2.05, 4.69) is 23.8 Å². The minimum atomic E-state index is -0.662. The molecule has 2 aromatic carbocycles. The smallest absolute Gasteiger partial charge is 0.412 e. The van der Waals surface area contributed by atoms with Gasteiger partial charge < -0.3 is 18.9 Å². The van der Waals surface area contributed by atoms with E-state index in [-0.39, 0.29) is 24.4 Å². The third-order valence-electron chi connectivity index (χ3n) is 5.02. The van der Waals surface area contributed by atoms with Crippen LogP contribution in [0.1, 0.15) is 38.8 Å². The second kappa shape index (κ2) is 15.0. The van der Waals surface area contributed by atoms with E-state index >= 15 is 0 Å². The molecule has 208 valence electrons. The second-order valence-electron chi connectivity index (χ2n) is 9.01. The van der Waals surface area contributed by atoms with E-state index < -0.39 is 36.3 Å². The molecule has 2 atom stereocenters. The van der Waals surface area contributed by atoms with Gasteiger partial charge in [-0.2, -0.15) is 0 Å². The molecule has 39 heavy (non-hydrogen) atoms. The first-order valence-electron chi connectivity index (χ1n) is 12.2. The largest absolute Gasteiger partial charge is 0.458 e. The van der Waals surface area contributed by atoms with Crippen molar-refractivity contribution < 1.29 is 38.1 Å². The molecule has 0 heterocycles. The molecule has 0 saturated carbocycles. The highest BCUT2D eigenvalue weighted by Crippen LogP contribution is 2.17. The van der Waals surface area contributed by atoms with Crippen LogP contribution in [-0.2, 0) is 35.0 Å². The molecule has 2 amide bonds. The van der Waals surface area contributed by atoms with Gasteiger partial charge in [0.25, 0.3) is 0 Å². The number of hydrogen-bond donors (Lipinski definition) is 2. The van der Waals surface area contributed by atoms with Crippen LogP contribution in [-0.4, -0.2) is 49.5 Å². The van der Waals surface area contributed by atoms with Crippen molar-refractivity contribution in [1.82, 2.24) is 0 Å². The summed E-state index contributed by atoms with van der Waals surface area (Å²) in [4.78, 5) is 47.0. The summed E-state index contributed by atoms with van der Waals surface area (Å²) in [7, 11) is 0. The zero-order valence-corrected chi connectivity index (χ0v) is 22.6. The summed E-state index contributed by atoms with van der Waals surface area (Å²) < 4.78 is 20.3. The summed E-state index contributed by atoms with van der Waals surface area (Å²) in [5.74, 6) is -1.08. The van der Waals surface area contributed by atoms with Crippen LogP contribution in [0.2, 0.25) is 0 Å². The second-order valence-corrected chi connectivity index (χ2v) is 9.01. The van der Waals surface area contributed by atoms with Gasteiger partial charge in [-0.1, -0.05) is 37.4 Å². The van der Waals surface area contributed by atoms with Gasteiger partial charge in [-0.15, -0.1) is 0 Å². The van der Waals surface area contributed by atoms with Crippen LogP contribution in [0.3, 0.4) is 0 Å². The Balaban J connectivity index is 1.78. The molecule has 2 aromatic rings. The van der Waals surface area contributed by atoms with Crippen molar-refractivity contribution in [1.29, 1.82) is 0 Å². The van der Waals surface area contributed by atoms with Gasteiger partial charge in [-0.3, -0.25) is 10.6 Å². The quantitative estimate of drug-likeness (QED) is 0.209. The topological polar surface area (TPSA) is 129 Å². The molecular weight excluding hydrogens is 504 g/mol. The van der Waals surface area contributed by atoms with Crippen molar-refractivity contribution in [3.05, 3.63) is 84.0 Å². The van der Waals surface area contributed by atoms with Crippen molar-refractivity contribution in [2.45, 2.75) is 46.3 Å². The third-order valence-corrected chi connectivity index (χ3v) is 5.02. The summed E-state index contributed by atoms with van der Waals surface area (Å²) >= 11 is 0. The van der Waals surface area contributed by atoms with Gasteiger partial charge in [0.1, 0.15) is 25.4 Å². The number of carbonyl (C=O) groups is 4.